The van der Waals surface area contributed by atoms with Crippen molar-refractivity contribution in [1.29, 1.82) is 0 Å². The summed E-state index contributed by atoms with van der Waals surface area (Å²) in [6.07, 6.45) is 10.2. The van der Waals surface area contributed by atoms with Gasteiger partial charge in [-0.3, -0.25) is 0 Å². The second-order valence-electron chi connectivity index (χ2n) is 4.63. The monoisotopic (exact) mass is 298 g/mol. The molecule has 94 valence electrons. The van der Waals surface area contributed by atoms with Gasteiger partial charge in [0.2, 0.25) is 0 Å². The van der Waals surface area contributed by atoms with Crippen LogP contribution in [0.4, 0.5) is 0 Å². The molecule has 0 unspecified atom stereocenters. The molecule has 0 aliphatic carbocycles. The van der Waals surface area contributed by atoms with Crippen molar-refractivity contribution in [3.63, 3.8) is 0 Å². The van der Waals surface area contributed by atoms with Crippen LogP contribution in [0.15, 0.2) is 0 Å². The van der Waals surface area contributed by atoms with Crippen LogP contribution in [0, 0.1) is 0 Å². The third-order valence-electron chi connectivity index (χ3n) is 4.00. The van der Waals surface area contributed by atoms with Gasteiger partial charge in [0.1, 0.15) is 0 Å². The average molecular weight is 299 g/mol. The number of halogens is 1. The van der Waals surface area contributed by atoms with Gasteiger partial charge in [-0.1, -0.05) is 0 Å². The van der Waals surface area contributed by atoms with Crippen molar-refractivity contribution in [3.05, 3.63) is 0 Å². The molecule has 0 spiro atoms. The van der Waals surface area contributed by atoms with Gasteiger partial charge < -0.3 is 0 Å². The molecule has 0 aliphatic rings. The summed E-state index contributed by atoms with van der Waals surface area (Å²) in [5.41, 5.74) is 0. The molecule has 15 heavy (non-hydrogen) atoms. The van der Waals surface area contributed by atoms with Gasteiger partial charge in [-0.25, -0.2) is 0 Å². The van der Waals surface area contributed by atoms with Crippen molar-refractivity contribution in [2.45, 2.75) is 46.5 Å². The van der Waals surface area contributed by atoms with Gasteiger partial charge in [0.15, 0.2) is 0 Å². The molecule has 1 N–H and O–H groups in total. The predicted octanol–water partition coefficient (Wildman–Crippen LogP) is 4.46. The average Bonchev–Trinajstić information content (AvgIpc) is 2.29. The number of aliphatic hydroxyl groups is 1. The Morgan fingerprint density at radius 3 is 1.73 bits per heavy atom. The van der Waals surface area contributed by atoms with E-state index in [1.807, 2.05) is 0 Å². The standard InChI is InChI=1S/C12H28BrOP/c1-4-15(13,5-2,6-3)12-10-8-7-9-11-14/h14H,4-12H2,1-3H3. The van der Waals surface area contributed by atoms with Gasteiger partial charge >= 0.3 is 104 Å². The number of unbranched alkanes of at least 4 members (excludes halogenated alkanes) is 3. The van der Waals surface area contributed by atoms with Crippen molar-refractivity contribution in [3.8, 4) is 0 Å². The van der Waals surface area contributed by atoms with Crippen molar-refractivity contribution in [2.75, 3.05) is 31.3 Å². The van der Waals surface area contributed by atoms with Crippen LogP contribution in [0.1, 0.15) is 46.5 Å². The molecule has 1 nitrogen and oxygen atoms in total. The summed E-state index contributed by atoms with van der Waals surface area (Å²) in [6, 6.07) is 0. The molecule has 0 aromatic rings. The first kappa shape index (κ1) is 15.9. The zero-order valence-corrected chi connectivity index (χ0v) is 13.1. The summed E-state index contributed by atoms with van der Waals surface area (Å²) in [5.74, 6) is 0. The second kappa shape index (κ2) is 7.25. The topological polar surface area (TPSA) is 20.2 Å². The Balaban J connectivity index is 3.98. The molecule has 0 heterocycles. The molecule has 0 atom stereocenters. The minimum absolute atomic E-state index is 0.354. The van der Waals surface area contributed by atoms with Crippen LogP contribution >= 0.6 is 20.8 Å². The Bertz CT molecular complexity index is 158. The van der Waals surface area contributed by atoms with Gasteiger partial charge in [-0.05, 0) is 0 Å². The van der Waals surface area contributed by atoms with Crippen LogP contribution < -0.4 is 0 Å². The van der Waals surface area contributed by atoms with E-state index in [-0.39, 0.29) is 0 Å². The van der Waals surface area contributed by atoms with Crippen LogP contribution in [-0.2, 0) is 0 Å². The summed E-state index contributed by atoms with van der Waals surface area (Å²) in [5, 5.41) is 7.22. The third kappa shape index (κ3) is 5.15. The quantitative estimate of drug-likeness (QED) is 0.492. The summed E-state index contributed by atoms with van der Waals surface area (Å²) in [4.78, 5) is 0. The molecule has 0 saturated carbocycles. The van der Waals surface area contributed by atoms with E-state index in [9.17, 15) is 0 Å². The SMILES string of the molecule is CCP(Br)(CC)(CC)CCCCCCO. The Morgan fingerprint density at radius 2 is 1.33 bits per heavy atom. The van der Waals surface area contributed by atoms with E-state index >= 15 is 0 Å². The van der Waals surface area contributed by atoms with Crippen molar-refractivity contribution in [1.82, 2.24) is 0 Å². The van der Waals surface area contributed by atoms with Crippen LogP contribution in [-0.4, -0.2) is 36.4 Å². The van der Waals surface area contributed by atoms with E-state index in [2.05, 4.69) is 36.3 Å². The van der Waals surface area contributed by atoms with E-state index in [0.29, 0.717) is 6.61 Å². The molecule has 0 rings (SSSR count). The molecular formula is C12H28BrOP. The van der Waals surface area contributed by atoms with E-state index in [1.165, 1.54) is 43.9 Å². The normalized spacial score (nSPS) is 14.9. The van der Waals surface area contributed by atoms with Crippen LogP contribution in [0.5, 0.6) is 0 Å². The first-order valence-electron chi connectivity index (χ1n) is 6.37. The van der Waals surface area contributed by atoms with E-state index in [0.717, 1.165) is 6.42 Å². The summed E-state index contributed by atoms with van der Waals surface area (Å²) < 4.78 is 0. The molecule has 0 saturated heterocycles. The van der Waals surface area contributed by atoms with Gasteiger partial charge in [0.05, 0.1) is 0 Å². The van der Waals surface area contributed by atoms with Crippen molar-refractivity contribution >= 4 is 20.8 Å². The van der Waals surface area contributed by atoms with Crippen molar-refractivity contribution in [2.24, 2.45) is 0 Å². The molecule has 0 aromatic heterocycles. The minimum atomic E-state index is -1.50. The predicted molar refractivity (Wildman–Crippen MR) is 77.9 cm³/mol. The molecule has 0 bridgehead atoms. The Morgan fingerprint density at radius 1 is 0.867 bits per heavy atom. The molecule has 0 fully saturated rings. The van der Waals surface area contributed by atoms with Crippen LogP contribution in [0.3, 0.4) is 0 Å². The summed E-state index contributed by atoms with van der Waals surface area (Å²) in [7, 11) is 0. The zero-order chi connectivity index (χ0) is 11.8. The van der Waals surface area contributed by atoms with Crippen LogP contribution in [0.2, 0.25) is 0 Å². The van der Waals surface area contributed by atoms with Gasteiger partial charge in [0.25, 0.3) is 0 Å². The van der Waals surface area contributed by atoms with E-state index < -0.39 is 5.31 Å². The van der Waals surface area contributed by atoms with Crippen molar-refractivity contribution < 1.29 is 5.11 Å². The fourth-order valence-corrected chi connectivity index (χ4v) is 6.17. The number of rotatable bonds is 9. The molecule has 0 amide bonds. The molecular weight excluding hydrogens is 271 g/mol. The Hall–Kier alpha value is 0.870. The molecule has 3 heteroatoms. The third-order valence-corrected chi connectivity index (χ3v) is 15.7. The van der Waals surface area contributed by atoms with Gasteiger partial charge in [-0.15, -0.1) is 0 Å². The fourth-order valence-electron chi connectivity index (χ4n) is 2.12. The maximum atomic E-state index is 8.71. The Kier molecular flexibility index (Phi) is 7.67. The van der Waals surface area contributed by atoms with Crippen LogP contribution in [0.25, 0.3) is 0 Å². The first-order valence-corrected chi connectivity index (χ1v) is 11.4. The van der Waals surface area contributed by atoms with E-state index in [4.69, 9.17) is 5.11 Å². The summed E-state index contributed by atoms with van der Waals surface area (Å²) in [6.45, 7) is 7.38. The fraction of sp³-hybridized carbons (Fsp3) is 1.00. The maximum absolute atomic E-state index is 8.71. The number of hydrogen-bond acceptors (Lipinski definition) is 1. The molecule has 0 radical (unpaired) electrons. The first-order chi connectivity index (χ1) is 7.04. The molecule has 0 aliphatic heterocycles. The van der Waals surface area contributed by atoms with E-state index in [1.54, 1.807) is 0 Å². The van der Waals surface area contributed by atoms with Gasteiger partial charge in [-0.2, -0.15) is 0 Å². The molecule has 0 aromatic carbocycles. The summed E-state index contributed by atoms with van der Waals surface area (Å²) >= 11 is 4.14. The van der Waals surface area contributed by atoms with Gasteiger partial charge in [0, 0.05) is 0 Å². The second-order valence-corrected chi connectivity index (χ2v) is 16.6. The zero-order valence-electron chi connectivity index (χ0n) is 10.6. The number of hydrogen-bond donors (Lipinski definition) is 1. The number of aliphatic hydroxyl groups excluding tert-OH is 1. The Labute approximate surface area is 104 Å².